The van der Waals surface area contributed by atoms with Crippen molar-refractivity contribution < 1.29 is 15.0 Å². The molecule has 11 nitrogen and oxygen atoms in total. The van der Waals surface area contributed by atoms with Crippen LogP contribution in [0.4, 0.5) is 5.82 Å². The molecule has 0 radical (unpaired) electrons. The molecule has 2 aliphatic carbocycles. The minimum absolute atomic E-state index is 0.215. The number of aliphatic hydroxyl groups excluding tert-OH is 2. The number of H-pyrrole nitrogens is 1. The molecule has 3 heterocycles. The fourth-order valence-electron chi connectivity index (χ4n) is 4.60. The molecule has 2 fully saturated rings. The van der Waals surface area contributed by atoms with Crippen molar-refractivity contribution in [2.24, 2.45) is 11.3 Å². The molecule has 5 rings (SSSR count). The number of hydrogen-bond donors (Lipinski definition) is 5. The quantitative estimate of drug-likeness (QED) is 0.347. The minimum Gasteiger partial charge on any atom is -0.389 e. The second-order valence-electron chi connectivity index (χ2n) is 7.55. The predicted octanol–water partition coefficient (Wildman–Crippen LogP) is -0.980. The van der Waals surface area contributed by atoms with Crippen molar-refractivity contribution >= 4 is 22.9 Å². The Morgan fingerprint density at radius 1 is 1.33 bits per heavy atom. The van der Waals surface area contributed by atoms with E-state index in [1.165, 1.54) is 7.05 Å². The standard InChI is InChI=1S/C19H20N8O3/c1-20-16-12-17(25-11(24-16)4-3-9-5-6-23-26-9)27(8-22-12)13-10-7-19(10,18(30)21-2)15(29)14(13)28/h5-6,8,10,13-15,28-29H,7H2,1-2H3,(H,21,30)(H,23,26)(H,20,24,25)/t10?,13-,14+,15?,19-/m1/s1. The molecule has 3 aromatic rings. The van der Waals surface area contributed by atoms with Crippen LogP contribution in [0.25, 0.3) is 11.2 Å². The van der Waals surface area contributed by atoms with Gasteiger partial charge in [0.15, 0.2) is 17.0 Å². The summed E-state index contributed by atoms with van der Waals surface area (Å²) in [5, 5.41) is 33.6. The number of fused-ring (bicyclic) bond motifs is 2. The monoisotopic (exact) mass is 408 g/mol. The van der Waals surface area contributed by atoms with Crippen LogP contribution in [-0.2, 0) is 4.79 Å². The predicted molar refractivity (Wildman–Crippen MR) is 105 cm³/mol. The van der Waals surface area contributed by atoms with E-state index in [9.17, 15) is 15.0 Å². The summed E-state index contributed by atoms with van der Waals surface area (Å²) in [5.74, 6) is 6.09. The van der Waals surface area contributed by atoms with E-state index in [1.54, 1.807) is 30.2 Å². The van der Waals surface area contributed by atoms with Crippen LogP contribution in [0.15, 0.2) is 18.6 Å². The van der Waals surface area contributed by atoms with Gasteiger partial charge in [0.2, 0.25) is 11.7 Å². The van der Waals surface area contributed by atoms with Gasteiger partial charge in [-0.1, -0.05) is 0 Å². The molecule has 3 aromatic heterocycles. The van der Waals surface area contributed by atoms with Crippen LogP contribution < -0.4 is 10.6 Å². The molecule has 5 atom stereocenters. The number of carbonyl (C=O) groups is 1. The molecule has 0 bridgehead atoms. The van der Waals surface area contributed by atoms with Crippen LogP contribution in [0.5, 0.6) is 0 Å². The SMILES string of the molecule is CNC(=O)[C@]12CC1[C@@H](n1cnc3c(NC)nc(C#Cc4ccn[nH]4)nc31)[C@H](O)C2O. The summed E-state index contributed by atoms with van der Waals surface area (Å²) in [6.07, 6.45) is 1.38. The second kappa shape index (κ2) is 6.51. The van der Waals surface area contributed by atoms with Gasteiger partial charge in [0.25, 0.3) is 0 Å². The fraction of sp³-hybridized carbons (Fsp3) is 0.421. The number of aliphatic hydroxyl groups is 2. The highest BCUT2D eigenvalue weighted by molar-refractivity contribution is 5.88. The first-order valence-corrected chi connectivity index (χ1v) is 9.53. The lowest BCUT2D eigenvalue weighted by atomic mass is 9.98. The fourth-order valence-corrected chi connectivity index (χ4v) is 4.60. The third kappa shape index (κ3) is 2.44. The molecule has 5 N–H and O–H groups in total. The van der Waals surface area contributed by atoms with E-state index in [0.717, 1.165) is 0 Å². The average Bonchev–Trinajstić information content (AvgIpc) is 3.06. The summed E-state index contributed by atoms with van der Waals surface area (Å²) >= 11 is 0. The van der Waals surface area contributed by atoms with Gasteiger partial charge in [0.1, 0.15) is 11.8 Å². The van der Waals surface area contributed by atoms with Crippen molar-refractivity contribution in [1.29, 1.82) is 0 Å². The van der Waals surface area contributed by atoms with Crippen molar-refractivity contribution in [2.75, 3.05) is 19.4 Å². The molecule has 1 amide bonds. The first-order chi connectivity index (χ1) is 14.5. The normalized spacial score (nSPS) is 29.2. The number of carbonyl (C=O) groups excluding carboxylic acids is 1. The maximum absolute atomic E-state index is 12.4. The van der Waals surface area contributed by atoms with Crippen molar-refractivity contribution in [1.82, 2.24) is 35.0 Å². The molecule has 154 valence electrons. The third-order valence-corrected chi connectivity index (χ3v) is 6.11. The number of nitrogens with one attached hydrogen (secondary N) is 3. The highest BCUT2D eigenvalue weighted by Crippen LogP contribution is 2.67. The van der Waals surface area contributed by atoms with E-state index in [1.807, 2.05) is 0 Å². The Balaban J connectivity index is 1.59. The van der Waals surface area contributed by atoms with Gasteiger partial charge in [0.05, 0.1) is 23.9 Å². The van der Waals surface area contributed by atoms with E-state index >= 15 is 0 Å². The van der Waals surface area contributed by atoms with Crippen molar-refractivity contribution in [3.05, 3.63) is 30.1 Å². The second-order valence-corrected chi connectivity index (χ2v) is 7.55. The number of aromatic amines is 1. The van der Waals surface area contributed by atoms with Gasteiger partial charge >= 0.3 is 0 Å². The van der Waals surface area contributed by atoms with Crippen LogP contribution in [0, 0.1) is 23.2 Å². The van der Waals surface area contributed by atoms with Crippen molar-refractivity contribution in [2.45, 2.75) is 24.7 Å². The van der Waals surface area contributed by atoms with Gasteiger partial charge in [-0.3, -0.25) is 9.89 Å². The van der Waals surface area contributed by atoms with Crippen LogP contribution in [-0.4, -0.2) is 72.1 Å². The first-order valence-electron chi connectivity index (χ1n) is 9.53. The van der Waals surface area contributed by atoms with Crippen LogP contribution in [0.1, 0.15) is 24.0 Å². The highest BCUT2D eigenvalue weighted by Gasteiger charge is 2.75. The van der Waals surface area contributed by atoms with E-state index < -0.39 is 23.7 Å². The van der Waals surface area contributed by atoms with E-state index in [-0.39, 0.29) is 17.6 Å². The van der Waals surface area contributed by atoms with E-state index in [2.05, 4.69) is 47.6 Å². The lowest BCUT2D eigenvalue weighted by Gasteiger charge is -2.23. The molecule has 0 spiro atoms. The average molecular weight is 408 g/mol. The zero-order chi connectivity index (χ0) is 21.0. The molecule has 2 unspecified atom stereocenters. The number of rotatable bonds is 3. The van der Waals surface area contributed by atoms with Gasteiger partial charge in [-0.05, 0) is 24.3 Å². The molecular formula is C19H20N8O3. The summed E-state index contributed by atoms with van der Waals surface area (Å²) in [7, 11) is 3.25. The van der Waals surface area contributed by atoms with Crippen LogP contribution in [0.2, 0.25) is 0 Å². The molecule has 2 saturated carbocycles. The van der Waals surface area contributed by atoms with Gasteiger partial charge in [-0.2, -0.15) is 5.10 Å². The lowest BCUT2D eigenvalue weighted by Crippen LogP contribution is -2.41. The Kier molecular flexibility index (Phi) is 4.02. The number of aromatic nitrogens is 6. The summed E-state index contributed by atoms with van der Waals surface area (Å²) in [4.78, 5) is 25.7. The van der Waals surface area contributed by atoms with Crippen LogP contribution in [0.3, 0.4) is 0 Å². The maximum atomic E-state index is 12.4. The summed E-state index contributed by atoms with van der Waals surface area (Å²) in [6.45, 7) is 0. The van der Waals surface area contributed by atoms with Gasteiger partial charge in [-0.15, -0.1) is 0 Å². The smallest absolute Gasteiger partial charge is 0.229 e. The number of anilines is 1. The van der Waals surface area contributed by atoms with Crippen molar-refractivity contribution in [3.63, 3.8) is 0 Å². The summed E-state index contributed by atoms with van der Waals surface area (Å²) in [5.41, 5.74) is 0.641. The highest BCUT2D eigenvalue weighted by atomic mass is 16.3. The Morgan fingerprint density at radius 2 is 2.17 bits per heavy atom. The molecule has 0 saturated heterocycles. The Labute approximate surface area is 170 Å². The zero-order valence-electron chi connectivity index (χ0n) is 16.3. The van der Waals surface area contributed by atoms with Gasteiger partial charge < -0.3 is 25.4 Å². The van der Waals surface area contributed by atoms with Gasteiger partial charge in [0, 0.05) is 26.2 Å². The van der Waals surface area contributed by atoms with Gasteiger partial charge in [-0.25, -0.2) is 15.0 Å². The van der Waals surface area contributed by atoms with Crippen LogP contribution >= 0.6 is 0 Å². The maximum Gasteiger partial charge on any atom is 0.229 e. The number of amides is 1. The Morgan fingerprint density at radius 3 is 2.87 bits per heavy atom. The third-order valence-electron chi connectivity index (χ3n) is 6.11. The molecule has 2 aliphatic rings. The molecule has 0 aliphatic heterocycles. The Bertz CT molecular complexity index is 1190. The minimum atomic E-state index is -1.16. The molecule has 11 heteroatoms. The number of hydrogen-bond acceptors (Lipinski definition) is 8. The molecular weight excluding hydrogens is 388 g/mol. The molecule has 30 heavy (non-hydrogen) atoms. The molecule has 0 aromatic carbocycles. The first kappa shape index (κ1) is 18.5. The lowest BCUT2D eigenvalue weighted by molar-refractivity contribution is -0.132. The van der Waals surface area contributed by atoms with Crippen molar-refractivity contribution in [3.8, 4) is 11.8 Å². The topological polar surface area (TPSA) is 154 Å². The van der Waals surface area contributed by atoms with E-state index in [4.69, 9.17) is 0 Å². The Hall–Kier alpha value is -3.49. The number of imidazole rings is 1. The van der Waals surface area contributed by atoms with E-state index in [0.29, 0.717) is 29.1 Å². The zero-order valence-corrected chi connectivity index (χ0v) is 16.3. The largest absolute Gasteiger partial charge is 0.389 e. The number of nitrogens with zero attached hydrogens (tertiary/aromatic N) is 5. The summed E-state index contributed by atoms with van der Waals surface area (Å²) < 4.78 is 1.72. The summed E-state index contributed by atoms with van der Waals surface area (Å²) in [6, 6.07) is 1.20.